The number of benzene rings is 2. The molecule has 1 fully saturated rings. The number of anilines is 1. The fourth-order valence-electron chi connectivity index (χ4n) is 3.01. The minimum atomic E-state index is -0.751. The molecule has 6 nitrogen and oxygen atoms in total. The van der Waals surface area contributed by atoms with Crippen LogP contribution < -0.4 is 10.1 Å². The van der Waals surface area contributed by atoms with Crippen LogP contribution in [0.3, 0.4) is 0 Å². The number of rotatable bonds is 6. The summed E-state index contributed by atoms with van der Waals surface area (Å²) in [6, 6.07) is 14.2. The van der Waals surface area contributed by atoms with Gasteiger partial charge in [-0.05, 0) is 68.4 Å². The van der Waals surface area contributed by atoms with Crippen LogP contribution in [-0.2, 0) is 9.59 Å². The van der Waals surface area contributed by atoms with Crippen LogP contribution in [0.4, 0.5) is 5.69 Å². The van der Waals surface area contributed by atoms with Crippen molar-refractivity contribution in [3.8, 4) is 11.5 Å². The second-order valence-corrected chi connectivity index (χ2v) is 6.96. The first-order valence-electron chi connectivity index (χ1n) is 8.78. The molecule has 0 saturated carbocycles. The number of piperidine rings is 1. The van der Waals surface area contributed by atoms with E-state index >= 15 is 0 Å². The third-order valence-electron chi connectivity index (χ3n) is 4.47. The van der Waals surface area contributed by atoms with Crippen molar-refractivity contribution in [1.29, 1.82) is 0 Å². The Morgan fingerprint density at radius 2 is 1.79 bits per heavy atom. The average molecular weight is 425 g/mol. The van der Waals surface area contributed by atoms with Gasteiger partial charge in [0.1, 0.15) is 11.5 Å². The van der Waals surface area contributed by atoms with Gasteiger partial charge in [0.2, 0.25) is 5.91 Å². The molecule has 0 aromatic heterocycles. The van der Waals surface area contributed by atoms with Gasteiger partial charge in [0, 0.05) is 10.7 Å². The molecule has 8 heteroatoms. The number of nitrogens with one attached hydrogen (secondary N) is 1. The van der Waals surface area contributed by atoms with Crippen LogP contribution in [-0.4, -0.2) is 41.5 Å². The van der Waals surface area contributed by atoms with Gasteiger partial charge in [0.05, 0.1) is 12.5 Å². The molecule has 0 radical (unpaired) electrons. The number of carboxylic acid groups (broad SMARTS) is 1. The molecule has 1 amide bonds. The summed E-state index contributed by atoms with van der Waals surface area (Å²) in [6.07, 6.45) is 1.16. The van der Waals surface area contributed by atoms with Crippen LogP contribution in [0.15, 0.2) is 48.5 Å². The van der Waals surface area contributed by atoms with Gasteiger partial charge in [-0.3, -0.25) is 14.5 Å². The molecule has 2 N–H and O–H groups in total. The van der Waals surface area contributed by atoms with Crippen molar-refractivity contribution < 1.29 is 19.4 Å². The zero-order chi connectivity index (χ0) is 19.2. The molecule has 1 heterocycles. The number of hydrogen-bond donors (Lipinski definition) is 2. The Balaban J connectivity index is 0.00000280. The van der Waals surface area contributed by atoms with Crippen LogP contribution in [0.1, 0.15) is 12.8 Å². The van der Waals surface area contributed by atoms with Gasteiger partial charge in [-0.2, -0.15) is 0 Å². The summed E-state index contributed by atoms with van der Waals surface area (Å²) < 4.78 is 5.72. The highest BCUT2D eigenvalue weighted by Crippen LogP contribution is 2.25. The topological polar surface area (TPSA) is 78.9 Å². The van der Waals surface area contributed by atoms with Gasteiger partial charge in [-0.1, -0.05) is 17.7 Å². The average Bonchev–Trinajstić information content (AvgIpc) is 2.64. The lowest BCUT2D eigenvalue weighted by Gasteiger charge is -2.29. The molecular weight excluding hydrogens is 403 g/mol. The number of carboxylic acids is 1. The Kier molecular flexibility index (Phi) is 8.11. The van der Waals surface area contributed by atoms with Crippen LogP contribution in [0.25, 0.3) is 0 Å². The van der Waals surface area contributed by atoms with Crippen LogP contribution >= 0.6 is 24.0 Å². The third-order valence-corrected chi connectivity index (χ3v) is 4.71. The number of hydrogen-bond acceptors (Lipinski definition) is 4. The maximum Gasteiger partial charge on any atom is 0.306 e. The smallest absolute Gasteiger partial charge is 0.306 e. The Hall–Kier alpha value is -2.28. The van der Waals surface area contributed by atoms with E-state index in [0.29, 0.717) is 48.1 Å². The molecule has 2 aromatic rings. The quantitative estimate of drug-likeness (QED) is 0.722. The van der Waals surface area contributed by atoms with Crippen LogP contribution in [0, 0.1) is 5.92 Å². The van der Waals surface area contributed by atoms with Gasteiger partial charge >= 0.3 is 5.97 Å². The van der Waals surface area contributed by atoms with E-state index in [1.165, 1.54) is 0 Å². The van der Waals surface area contributed by atoms with Gasteiger partial charge < -0.3 is 15.2 Å². The standard InChI is InChI=1S/C20H21ClN2O4.ClH/c21-15-2-1-3-18(12-15)27-17-6-4-16(5-7-17)22-19(24)13-23-10-8-14(9-11-23)20(25)26;/h1-7,12,14H,8-11,13H2,(H,22,24)(H,25,26);1H. The summed E-state index contributed by atoms with van der Waals surface area (Å²) in [7, 11) is 0. The predicted molar refractivity (Wildman–Crippen MR) is 111 cm³/mol. The molecule has 0 atom stereocenters. The molecule has 2 aromatic carbocycles. The molecular formula is C20H22Cl2N2O4. The number of carbonyl (C=O) groups is 2. The minimum Gasteiger partial charge on any atom is -0.481 e. The SMILES string of the molecule is Cl.O=C(CN1CCC(C(=O)O)CC1)Nc1ccc(Oc2cccc(Cl)c2)cc1. The number of amides is 1. The molecule has 0 aliphatic carbocycles. The maximum absolute atomic E-state index is 12.2. The molecule has 1 saturated heterocycles. The van der Waals surface area contributed by atoms with Crippen molar-refractivity contribution in [3.63, 3.8) is 0 Å². The summed E-state index contributed by atoms with van der Waals surface area (Å²) in [5.41, 5.74) is 0.680. The first-order chi connectivity index (χ1) is 13.0. The van der Waals surface area contributed by atoms with Gasteiger partial charge in [-0.25, -0.2) is 0 Å². The number of halogens is 2. The molecule has 0 unspecified atom stereocenters. The van der Waals surface area contributed by atoms with E-state index in [0.717, 1.165) is 0 Å². The van der Waals surface area contributed by atoms with E-state index in [9.17, 15) is 9.59 Å². The Labute approximate surface area is 174 Å². The molecule has 150 valence electrons. The van der Waals surface area contributed by atoms with Gasteiger partial charge in [0.25, 0.3) is 0 Å². The molecule has 0 bridgehead atoms. The zero-order valence-electron chi connectivity index (χ0n) is 15.1. The predicted octanol–water partition coefficient (Wildman–Crippen LogP) is 4.29. The summed E-state index contributed by atoms with van der Waals surface area (Å²) in [5.74, 6) is 0.123. The lowest BCUT2D eigenvalue weighted by Crippen LogP contribution is -2.40. The number of ether oxygens (including phenoxy) is 1. The van der Waals surface area contributed by atoms with Crippen LogP contribution in [0.5, 0.6) is 11.5 Å². The highest BCUT2D eigenvalue weighted by molar-refractivity contribution is 6.30. The zero-order valence-corrected chi connectivity index (χ0v) is 16.7. The Morgan fingerprint density at radius 3 is 2.39 bits per heavy atom. The summed E-state index contributed by atoms with van der Waals surface area (Å²) in [5, 5.41) is 12.5. The van der Waals surface area contributed by atoms with Crippen molar-refractivity contribution >= 4 is 41.6 Å². The fourth-order valence-corrected chi connectivity index (χ4v) is 3.19. The maximum atomic E-state index is 12.2. The van der Waals surface area contributed by atoms with Crippen molar-refractivity contribution in [2.45, 2.75) is 12.8 Å². The van der Waals surface area contributed by atoms with Crippen molar-refractivity contribution in [2.75, 3.05) is 25.0 Å². The Morgan fingerprint density at radius 1 is 1.11 bits per heavy atom. The normalized spacial score (nSPS) is 14.8. The second kappa shape index (κ2) is 10.3. The summed E-state index contributed by atoms with van der Waals surface area (Å²) >= 11 is 5.94. The first kappa shape index (κ1) is 22.0. The van der Waals surface area contributed by atoms with E-state index in [1.54, 1.807) is 36.4 Å². The Bertz CT molecular complexity index is 806. The number of likely N-dealkylation sites (tertiary alicyclic amines) is 1. The largest absolute Gasteiger partial charge is 0.481 e. The first-order valence-corrected chi connectivity index (χ1v) is 9.16. The number of carbonyl (C=O) groups excluding carboxylic acids is 1. The van der Waals surface area contributed by atoms with Crippen molar-refractivity contribution in [1.82, 2.24) is 4.90 Å². The minimum absolute atomic E-state index is 0. The van der Waals surface area contributed by atoms with E-state index in [-0.39, 0.29) is 30.8 Å². The lowest BCUT2D eigenvalue weighted by molar-refractivity contribution is -0.143. The van der Waals surface area contributed by atoms with E-state index < -0.39 is 5.97 Å². The van der Waals surface area contributed by atoms with E-state index in [2.05, 4.69) is 5.32 Å². The molecule has 1 aliphatic heterocycles. The number of nitrogens with zero attached hydrogens (tertiary/aromatic N) is 1. The summed E-state index contributed by atoms with van der Waals surface area (Å²) in [4.78, 5) is 25.1. The van der Waals surface area contributed by atoms with Crippen LogP contribution in [0.2, 0.25) is 5.02 Å². The molecule has 1 aliphatic rings. The third kappa shape index (κ3) is 6.41. The summed E-state index contributed by atoms with van der Waals surface area (Å²) in [6.45, 7) is 1.50. The number of aliphatic carboxylic acids is 1. The second-order valence-electron chi connectivity index (χ2n) is 6.52. The van der Waals surface area contributed by atoms with Crippen molar-refractivity contribution in [3.05, 3.63) is 53.6 Å². The lowest BCUT2D eigenvalue weighted by atomic mass is 9.97. The van der Waals surface area contributed by atoms with Gasteiger partial charge in [0.15, 0.2) is 0 Å². The van der Waals surface area contributed by atoms with E-state index in [4.69, 9.17) is 21.4 Å². The monoisotopic (exact) mass is 424 g/mol. The highest BCUT2D eigenvalue weighted by atomic mass is 35.5. The molecule has 0 spiro atoms. The fraction of sp³-hybridized carbons (Fsp3) is 0.300. The molecule has 3 rings (SSSR count). The van der Waals surface area contributed by atoms with Crippen molar-refractivity contribution in [2.24, 2.45) is 5.92 Å². The van der Waals surface area contributed by atoms with Gasteiger partial charge in [-0.15, -0.1) is 12.4 Å². The van der Waals surface area contributed by atoms with E-state index in [1.807, 2.05) is 17.0 Å². The molecule has 28 heavy (non-hydrogen) atoms. The highest BCUT2D eigenvalue weighted by Gasteiger charge is 2.25.